The van der Waals surface area contributed by atoms with Gasteiger partial charge in [0, 0.05) is 6.54 Å². The third kappa shape index (κ3) is 4.41. The normalized spacial score (nSPS) is 13.6. The first-order valence-electron chi connectivity index (χ1n) is 5.39. The van der Waals surface area contributed by atoms with Crippen LogP contribution in [0.3, 0.4) is 0 Å². The molecule has 0 amide bonds. The molecule has 96 valence electrons. The Morgan fingerprint density at radius 2 is 1.94 bits per heavy atom. The van der Waals surface area contributed by atoms with Crippen molar-refractivity contribution in [3.8, 4) is 0 Å². The second-order valence-corrected chi connectivity index (χ2v) is 5.47. The van der Waals surface area contributed by atoms with Gasteiger partial charge in [-0.25, -0.2) is 17.5 Å². The molecule has 0 spiro atoms. The Hall–Kier alpha value is -0.980. The minimum Gasteiger partial charge on any atom is -0.393 e. The molecule has 0 radical (unpaired) electrons. The van der Waals surface area contributed by atoms with Crippen LogP contribution in [-0.4, -0.2) is 26.2 Å². The van der Waals surface area contributed by atoms with E-state index in [0.29, 0.717) is 12.8 Å². The van der Waals surface area contributed by atoms with Crippen LogP contribution in [0.15, 0.2) is 29.2 Å². The molecule has 1 atom stereocenters. The van der Waals surface area contributed by atoms with E-state index in [1.54, 1.807) is 0 Å². The predicted octanol–water partition coefficient (Wildman–Crippen LogP) is 1.26. The van der Waals surface area contributed by atoms with E-state index in [9.17, 15) is 17.9 Å². The summed E-state index contributed by atoms with van der Waals surface area (Å²) in [5.41, 5.74) is 0. The Bertz CT molecular complexity index is 444. The Morgan fingerprint density at radius 1 is 1.35 bits per heavy atom. The van der Waals surface area contributed by atoms with Crippen LogP contribution in [0.5, 0.6) is 0 Å². The first-order chi connectivity index (χ1) is 7.95. The SMILES string of the molecule is CCC(O)CCNS(=O)(=O)c1ccc(F)cc1. The lowest BCUT2D eigenvalue weighted by atomic mass is 10.2. The summed E-state index contributed by atoms with van der Waals surface area (Å²) in [5, 5.41) is 9.28. The van der Waals surface area contributed by atoms with Crippen LogP contribution in [0.1, 0.15) is 19.8 Å². The maximum absolute atomic E-state index is 12.6. The van der Waals surface area contributed by atoms with Crippen molar-refractivity contribution in [3.05, 3.63) is 30.1 Å². The van der Waals surface area contributed by atoms with Crippen molar-refractivity contribution in [1.29, 1.82) is 0 Å². The number of hydrogen-bond donors (Lipinski definition) is 2. The smallest absolute Gasteiger partial charge is 0.240 e. The van der Waals surface area contributed by atoms with Gasteiger partial charge in [0.25, 0.3) is 0 Å². The van der Waals surface area contributed by atoms with Crippen LogP contribution in [0, 0.1) is 5.82 Å². The third-order valence-corrected chi connectivity index (χ3v) is 3.84. The van der Waals surface area contributed by atoms with Gasteiger partial charge >= 0.3 is 0 Å². The van der Waals surface area contributed by atoms with Crippen LogP contribution in [0.2, 0.25) is 0 Å². The minimum atomic E-state index is -3.61. The number of benzene rings is 1. The fourth-order valence-electron chi connectivity index (χ4n) is 1.26. The summed E-state index contributed by atoms with van der Waals surface area (Å²) in [4.78, 5) is 0.0184. The summed E-state index contributed by atoms with van der Waals surface area (Å²) in [6.45, 7) is 1.98. The Morgan fingerprint density at radius 3 is 2.47 bits per heavy atom. The Balaban J connectivity index is 2.60. The Kier molecular flexibility index (Phi) is 5.04. The number of hydrogen-bond acceptors (Lipinski definition) is 3. The lowest BCUT2D eigenvalue weighted by Gasteiger charge is -2.09. The van der Waals surface area contributed by atoms with Crippen LogP contribution >= 0.6 is 0 Å². The highest BCUT2D eigenvalue weighted by molar-refractivity contribution is 7.89. The highest BCUT2D eigenvalue weighted by Crippen LogP contribution is 2.09. The molecule has 1 aromatic carbocycles. The van der Waals surface area contributed by atoms with Crippen LogP contribution < -0.4 is 4.72 Å². The third-order valence-electron chi connectivity index (χ3n) is 2.36. The lowest BCUT2D eigenvalue weighted by Crippen LogP contribution is -2.27. The molecule has 4 nitrogen and oxygen atoms in total. The summed E-state index contributed by atoms with van der Waals surface area (Å²) in [5.74, 6) is -0.481. The van der Waals surface area contributed by atoms with Gasteiger partial charge in [-0.15, -0.1) is 0 Å². The zero-order chi connectivity index (χ0) is 12.9. The van der Waals surface area contributed by atoms with E-state index in [0.717, 1.165) is 12.1 Å². The fraction of sp³-hybridized carbons (Fsp3) is 0.455. The van der Waals surface area contributed by atoms with Crippen molar-refractivity contribution < 1.29 is 17.9 Å². The van der Waals surface area contributed by atoms with Crippen molar-refractivity contribution in [2.75, 3.05) is 6.54 Å². The molecular formula is C11H16FNO3S. The van der Waals surface area contributed by atoms with Gasteiger partial charge in [0.05, 0.1) is 11.0 Å². The number of halogens is 1. The van der Waals surface area contributed by atoms with Gasteiger partial charge in [0.15, 0.2) is 0 Å². The molecule has 2 N–H and O–H groups in total. The average molecular weight is 261 g/mol. The molecule has 1 rings (SSSR count). The van der Waals surface area contributed by atoms with E-state index in [4.69, 9.17) is 0 Å². The number of aliphatic hydroxyl groups excluding tert-OH is 1. The molecule has 0 aromatic heterocycles. The highest BCUT2D eigenvalue weighted by Gasteiger charge is 2.13. The zero-order valence-electron chi connectivity index (χ0n) is 9.56. The van der Waals surface area contributed by atoms with Gasteiger partial charge in [-0.05, 0) is 37.1 Å². The molecule has 0 aliphatic carbocycles. The van der Waals surface area contributed by atoms with E-state index in [-0.39, 0.29) is 11.4 Å². The molecule has 1 unspecified atom stereocenters. The first kappa shape index (κ1) is 14.1. The number of nitrogens with one attached hydrogen (secondary N) is 1. The van der Waals surface area contributed by atoms with Crippen molar-refractivity contribution >= 4 is 10.0 Å². The van der Waals surface area contributed by atoms with E-state index < -0.39 is 21.9 Å². The zero-order valence-corrected chi connectivity index (χ0v) is 10.4. The van der Waals surface area contributed by atoms with Crippen molar-refractivity contribution in [1.82, 2.24) is 4.72 Å². The largest absolute Gasteiger partial charge is 0.393 e. The van der Waals surface area contributed by atoms with Gasteiger partial charge in [0.2, 0.25) is 10.0 Å². The number of aliphatic hydroxyl groups is 1. The Labute approximate surface area is 101 Å². The number of sulfonamides is 1. The quantitative estimate of drug-likeness (QED) is 0.810. The second kappa shape index (κ2) is 6.09. The molecule has 17 heavy (non-hydrogen) atoms. The topological polar surface area (TPSA) is 66.4 Å². The molecule has 0 aliphatic rings. The highest BCUT2D eigenvalue weighted by atomic mass is 32.2. The van der Waals surface area contributed by atoms with Gasteiger partial charge in [-0.1, -0.05) is 6.92 Å². The first-order valence-corrected chi connectivity index (χ1v) is 6.87. The molecule has 1 aromatic rings. The van der Waals surface area contributed by atoms with Gasteiger partial charge in [0.1, 0.15) is 5.82 Å². The maximum atomic E-state index is 12.6. The van der Waals surface area contributed by atoms with Crippen molar-refractivity contribution in [3.63, 3.8) is 0 Å². The van der Waals surface area contributed by atoms with Gasteiger partial charge in [-0.3, -0.25) is 0 Å². The van der Waals surface area contributed by atoms with Crippen LogP contribution in [-0.2, 0) is 10.0 Å². The van der Waals surface area contributed by atoms with E-state index in [2.05, 4.69) is 4.72 Å². The fourth-order valence-corrected chi connectivity index (χ4v) is 2.31. The summed E-state index contributed by atoms with van der Waals surface area (Å²) in [6, 6.07) is 4.59. The summed E-state index contributed by atoms with van der Waals surface area (Å²) < 4.78 is 38.4. The van der Waals surface area contributed by atoms with E-state index in [1.807, 2.05) is 6.92 Å². The molecule has 0 aliphatic heterocycles. The molecule has 0 heterocycles. The van der Waals surface area contributed by atoms with E-state index in [1.165, 1.54) is 12.1 Å². The van der Waals surface area contributed by atoms with Gasteiger partial charge < -0.3 is 5.11 Å². The average Bonchev–Trinajstić information content (AvgIpc) is 2.29. The molecular weight excluding hydrogens is 245 g/mol. The monoisotopic (exact) mass is 261 g/mol. The van der Waals surface area contributed by atoms with Crippen LogP contribution in [0.4, 0.5) is 4.39 Å². The summed E-state index contributed by atoms with van der Waals surface area (Å²) >= 11 is 0. The summed E-state index contributed by atoms with van der Waals surface area (Å²) in [6.07, 6.45) is 0.431. The number of rotatable bonds is 6. The molecule has 0 fully saturated rings. The predicted molar refractivity (Wildman–Crippen MR) is 62.5 cm³/mol. The van der Waals surface area contributed by atoms with E-state index >= 15 is 0 Å². The molecule has 0 saturated heterocycles. The minimum absolute atomic E-state index is 0.0184. The molecule has 6 heteroatoms. The lowest BCUT2D eigenvalue weighted by molar-refractivity contribution is 0.162. The summed E-state index contributed by atoms with van der Waals surface area (Å²) in [7, 11) is -3.61. The van der Waals surface area contributed by atoms with Crippen molar-refractivity contribution in [2.45, 2.75) is 30.8 Å². The molecule has 0 bridgehead atoms. The van der Waals surface area contributed by atoms with Crippen LogP contribution in [0.25, 0.3) is 0 Å². The second-order valence-electron chi connectivity index (χ2n) is 3.70. The van der Waals surface area contributed by atoms with Crippen molar-refractivity contribution in [2.24, 2.45) is 0 Å². The molecule has 0 saturated carbocycles. The standard InChI is InChI=1S/C11H16FNO3S/c1-2-10(14)7-8-13-17(15,16)11-5-3-9(12)4-6-11/h3-6,10,13-14H,2,7-8H2,1H3. The maximum Gasteiger partial charge on any atom is 0.240 e. The van der Waals surface area contributed by atoms with Gasteiger partial charge in [-0.2, -0.15) is 0 Å².